The molecule has 0 radical (unpaired) electrons. The van der Waals surface area contributed by atoms with E-state index < -0.39 is 0 Å². The van der Waals surface area contributed by atoms with E-state index >= 15 is 0 Å². The van der Waals surface area contributed by atoms with E-state index in [2.05, 4.69) is 21.5 Å². The van der Waals surface area contributed by atoms with Gasteiger partial charge in [-0.3, -0.25) is 4.79 Å². The summed E-state index contributed by atoms with van der Waals surface area (Å²) in [6, 6.07) is 10.2. The summed E-state index contributed by atoms with van der Waals surface area (Å²) < 4.78 is 1.81. The van der Waals surface area contributed by atoms with Gasteiger partial charge in [0.2, 0.25) is 5.91 Å². The minimum Gasteiger partial charge on any atom is -0.361 e. The first-order chi connectivity index (χ1) is 10.6. The lowest BCUT2D eigenvalue weighted by molar-refractivity contribution is -0.116. The first kappa shape index (κ1) is 14.4. The van der Waals surface area contributed by atoms with E-state index in [4.69, 9.17) is 0 Å². The number of hydrogen-bond acceptors (Lipinski definition) is 2. The number of nitrogens with zero attached hydrogens (tertiary/aromatic N) is 2. The first-order valence-electron chi connectivity index (χ1n) is 7.53. The maximum absolute atomic E-state index is 12.2. The molecule has 22 heavy (non-hydrogen) atoms. The molecule has 5 nitrogen and oxygen atoms in total. The van der Waals surface area contributed by atoms with Gasteiger partial charge in [0.05, 0.1) is 6.20 Å². The largest absolute Gasteiger partial charge is 0.361 e. The lowest BCUT2D eigenvalue weighted by Gasteiger charge is -2.11. The van der Waals surface area contributed by atoms with Crippen molar-refractivity contribution in [2.75, 3.05) is 5.32 Å². The number of amides is 1. The van der Waals surface area contributed by atoms with E-state index in [9.17, 15) is 4.79 Å². The zero-order valence-electron chi connectivity index (χ0n) is 12.8. The number of aryl methyl sites for hydroxylation is 1. The van der Waals surface area contributed by atoms with Crippen LogP contribution in [-0.2, 0) is 11.2 Å². The highest BCUT2D eigenvalue weighted by Gasteiger charge is 2.10. The predicted octanol–water partition coefficient (Wildman–Crippen LogP) is 3.52. The lowest BCUT2D eigenvalue weighted by Crippen LogP contribution is -2.16. The van der Waals surface area contributed by atoms with Gasteiger partial charge in [-0.2, -0.15) is 5.10 Å². The second-order valence-electron chi connectivity index (χ2n) is 5.66. The van der Waals surface area contributed by atoms with Crippen LogP contribution >= 0.6 is 0 Å². The van der Waals surface area contributed by atoms with Crippen molar-refractivity contribution in [1.82, 2.24) is 14.8 Å². The Bertz CT molecular complexity index is 785. The summed E-state index contributed by atoms with van der Waals surface area (Å²) in [5.74, 6) is 0.756. The molecule has 1 amide bonds. The minimum absolute atomic E-state index is 0.00711. The van der Waals surface area contributed by atoms with Crippen LogP contribution in [-0.4, -0.2) is 20.7 Å². The summed E-state index contributed by atoms with van der Waals surface area (Å²) in [6.07, 6.45) is 4.85. The van der Waals surface area contributed by atoms with Crippen LogP contribution in [0.15, 0.2) is 42.7 Å². The Morgan fingerprint density at radius 2 is 2.14 bits per heavy atom. The Kier molecular flexibility index (Phi) is 3.96. The number of hydrogen-bond donors (Lipinski definition) is 2. The summed E-state index contributed by atoms with van der Waals surface area (Å²) in [4.78, 5) is 15.4. The van der Waals surface area contributed by atoms with E-state index in [1.165, 1.54) is 10.9 Å². The molecule has 1 aromatic carbocycles. The van der Waals surface area contributed by atoms with Gasteiger partial charge in [-0.1, -0.05) is 18.2 Å². The molecule has 0 atom stereocenters. The molecular weight excluding hydrogens is 276 g/mol. The van der Waals surface area contributed by atoms with Crippen molar-refractivity contribution in [1.29, 1.82) is 0 Å². The second-order valence-corrected chi connectivity index (χ2v) is 5.66. The Morgan fingerprint density at radius 3 is 2.95 bits per heavy atom. The molecule has 0 saturated heterocycles. The number of benzene rings is 1. The summed E-state index contributed by atoms with van der Waals surface area (Å²) in [5.41, 5.74) is 2.28. The van der Waals surface area contributed by atoms with Crippen LogP contribution in [0.5, 0.6) is 0 Å². The van der Waals surface area contributed by atoms with Gasteiger partial charge in [0.1, 0.15) is 5.82 Å². The third-order valence-electron chi connectivity index (χ3n) is 3.72. The molecule has 0 unspecified atom stereocenters. The van der Waals surface area contributed by atoms with Crippen LogP contribution in [0.25, 0.3) is 10.9 Å². The molecule has 0 spiro atoms. The Morgan fingerprint density at radius 1 is 1.32 bits per heavy atom. The number of carbonyl (C=O) groups excluding carboxylic acids is 1. The van der Waals surface area contributed by atoms with Crippen LogP contribution < -0.4 is 5.32 Å². The third-order valence-corrected chi connectivity index (χ3v) is 3.72. The molecule has 2 N–H and O–H groups in total. The zero-order valence-corrected chi connectivity index (χ0v) is 12.8. The fraction of sp³-hybridized carbons (Fsp3) is 0.294. The van der Waals surface area contributed by atoms with Crippen molar-refractivity contribution in [2.24, 2.45) is 0 Å². The quantitative estimate of drug-likeness (QED) is 0.756. The average Bonchev–Trinajstić information content (AvgIpc) is 3.12. The normalized spacial score (nSPS) is 11.2. The number of nitrogens with one attached hydrogen (secondary N) is 2. The number of para-hydroxylation sites is 1. The Balaban J connectivity index is 1.64. The minimum atomic E-state index is 0.00711. The first-order valence-corrected chi connectivity index (χ1v) is 7.53. The summed E-state index contributed by atoms with van der Waals surface area (Å²) in [7, 11) is 0. The smallest absolute Gasteiger partial charge is 0.225 e. The van der Waals surface area contributed by atoms with Crippen molar-refractivity contribution in [3.8, 4) is 0 Å². The van der Waals surface area contributed by atoms with E-state index in [-0.39, 0.29) is 11.9 Å². The van der Waals surface area contributed by atoms with E-state index in [0.717, 1.165) is 11.3 Å². The molecule has 5 heteroatoms. The molecule has 114 valence electrons. The van der Waals surface area contributed by atoms with Gasteiger partial charge < -0.3 is 10.3 Å². The maximum Gasteiger partial charge on any atom is 0.225 e. The van der Waals surface area contributed by atoms with Crippen LogP contribution in [0.3, 0.4) is 0 Å². The van der Waals surface area contributed by atoms with Gasteiger partial charge in [0, 0.05) is 35.6 Å². The van der Waals surface area contributed by atoms with Crippen molar-refractivity contribution in [3.63, 3.8) is 0 Å². The van der Waals surface area contributed by atoms with Gasteiger partial charge in [-0.25, -0.2) is 4.68 Å². The summed E-state index contributed by atoms with van der Waals surface area (Å²) in [6.45, 7) is 4.07. The number of aromatic amines is 1. The van der Waals surface area contributed by atoms with Crippen LogP contribution in [0.1, 0.15) is 31.9 Å². The fourth-order valence-electron chi connectivity index (χ4n) is 2.62. The highest BCUT2D eigenvalue weighted by atomic mass is 16.1. The van der Waals surface area contributed by atoms with E-state index in [1.807, 2.05) is 49.0 Å². The van der Waals surface area contributed by atoms with Crippen molar-refractivity contribution in [3.05, 3.63) is 48.3 Å². The number of aromatic nitrogens is 3. The highest BCUT2D eigenvalue weighted by Crippen LogP contribution is 2.19. The summed E-state index contributed by atoms with van der Waals surface area (Å²) >= 11 is 0. The molecule has 0 saturated carbocycles. The van der Waals surface area contributed by atoms with E-state index in [1.54, 1.807) is 6.20 Å². The molecular formula is C17H20N4O. The number of fused-ring (bicyclic) bond motifs is 1. The van der Waals surface area contributed by atoms with Crippen molar-refractivity contribution < 1.29 is 4.79 Å². The van der Waals surface area contributed by atoms with Crippen LogP contribution in [0.2, 0.25) is 0 Å². The van der Waals surface area contributed by atoms with Gasteiger partial charge in [-0.15, -0.1) is 0 Å². The molecule has 0 aliphatic carbocycles. The molecule has 2 heterocycles. The van der Waals surface area contributed by atoms with Crippen molar-refractivity contribution in [2.45, 2.75) is 32.7 Å². The topological polar surface area (TPSA) is 62.7 Å². The maximum atomic E-state index is 12.2. The number of carbonyl (C=O) groups is 1. The van der Waals surface area contributed by atoms with Gasteiger partial charge in [0.15, 0.2) is 0 Å². The van der Waals surface area contributed by atoms with Gasteiger partial charge >= 0.3 is 0 Å². The SMILES string of the molecule is CC(C)n1nccc1NC(=O)CCc1c[nH]c2ccccc12. The Hall–Kier alpha value is -2.56. The number of H-pyrrole nitrogens is 1. The lowest BCUT2D eigenvalue weighted by atomic mass is 10.1. The monoisotopic (exact) mass is 296 g/mol. The molecule has 3 rings (SSSR count). The molecule has 2 aromatic heterocycles. The molecule has 0 aliphatic heterocycles. The van der Waals surface area contributed by atoms with E-state index in [0.29, 0.717) is 12.8 Å². The molecule has 0 bridgehead atoms. The van der Waals surface area contributed by atoms with Crippen molar-refractivity contribution >= 4 is 22.6 Å². The van der Waals surface area contributed by atoms with Gasteiger partial charge in [0.25, 0.3) is 0 Å². The third kappa shape index (κ3) is 2.88. The molecule has 0 aliphatic rings. The Labute approximate surface area is 129 Å². The van der Waals surface area contributed by atoms with Crippen LogP contribution in [0, 0.1) is 0 Å². The predicted molar refractivity (Wildman–Crippen MR) is 87.9 cm³/mol. The molecule has 0 fully saturated rings. The zero-order chi connectivity index (χ0) is 15.5. The second kappa shape index (κ2) is 6.05. The van der Waals surface area contributed by atoms with Crippen LogP contribution in [0.4, 0.5) is 5.82 Å². The van der Waals surface area contributed by atoms with Gasteiger partial charge in [-0.05, 0) is 31.9 Å². The average molecular weight is 296 g/mol. The number of anilines is 1. The summed E-state index contributed by atoms with van der Waals surface area (Å²) in [5, 5.41) is 8.33. The number of rotatable bonds is 5. The fourth-order valence-corrected chi connectivity index (χ4v) is 2.62. The standard InChI is InChI=1S/C17H20N4O/c1-12(2)21-16(9-10-19-21)20-17(22)8-7-13-11-18-15-6-4-3-5-14(13)15/h3-6,9-12,18H,7-8H2,1-2H3,(H,20,22). The molecule has 3 aromatic rings. The highest BCUT2D eigenvalue weighted by molar-refractivity contribution is 5.90.